The molecule has 6 nitrogen and oxygen atoms in total. The van der Waals surface area contributed by atoms with Gasteiger partial charge in [-0.1, -0.05) is 18.2 Å². The van der Waals surface area contributed by atoms with Gasteiger partial charge in [0.15, 0.2) is 17.4 Å². The maximum Gasteiger partial charge on any atom is 0.330 e. The molecular weight excluding hydrogens is 342 g/mol. The first-order valence-electron chi connectivity index (χ1n) is 8.08. The van der Waals surface area contributed by atoms with Crippen LogP contribution in [0.15, 0.2) is 30.3 Å². The van der Waals surface area contributed by atoms with Crippen molar-refractivity contribution >= 4 is 29.4 Å². The van der Waals surface area contributed by atoms with Gasteiger partial charge in [0.2, 0.25) is 5.91 Å². The Morgan fingerprint density at radius 2 is 1.84 bits per heavy atom. The standard InChI is InChI=1S/C18H21NO5S/c1-10(20)13(24-11-8-6-5-7-9-11)12-14(21)19-15(12)25-17(2,3)18(19,4)16(22)23/h5-9,12-13,15H,1-4H3,(H,22,23)/t12-,13?,15-,18+/m1/s1. The van der Waals surface area contributed by atoms with Gasteiger partial charge in [-0.3, -0.25) is 9.59 Å². The minimum atomic E-state index is -1.32. The number of hydrogen-bond donors (Lipinski definition) is 1. The lowest BCUT2D eigenvalue weighted by Gasteiger charge is -2.49. The third-order valence-electron chi connectivity index (χ3n) is 5.30. The summed E-state index contributed by atoms with van der Waals surface area (Å²) in [5, 5.41) is 9.32. The van der Waals surface area contributed by atoms with E-state index in [1.807, 2.05) is 19.9 Å². The molecule has 0 radical (unpaired) electrons. The molecule has 0 spiro atoms. The Bertz CT molecular complexity index is 734. The van der Waals surface area contributed by atoms with E-state index in [-0.39, 0.29) is 17.1 Å². The molecule has 0 saturated carbocycles. The van der Waals surface area contributed by atoms with E-state index in [0.717, 1.165) is 0 Å². The van der Waals surface area contributed by atoms with Crippen molar-refractivity contribution in [3.8, 4) is 5.75 Å². The number of thioether (sulfide) groups is 1. The number of benzene rings is 1. The van der Waals surface area contributed by atoms with Crippen LogP contribution >= 0.6 is 11.8 Å². The number of Topliss-reactive ketones (excluding diaryl/α,β-unsaturated/α-hetero) is 1. The fourth-order valence-corrected chi connectivity index (χ4v) is 5.33. The Morgan fingerprint density at radius 1 is 1.24 bits per heavy atom. The van der Waals surface area contributed by atoms with E-state index in [2.05, 4.69) is 0 Å². The van der Waals surface area contributed by atoms with Crippen molar-refractivity contribution in [2.75, 3.05) is 0 Å². The number of amides is 1. The molecule has 2 heterocycles. The molecule has 134 valence electrons. The topological polar surface area (TPSA) is 83.9 Å². The van der Waals surface area contributed by atoms with Gasteiger partial charge in [0, 0.05) is 4.75 Å². The molecular formula is C18H21NO5S. The highest BCUT2D eigenvalue weighted by molar-refractivity contribution is 8.01. The first-order valence-corrected chi connectivity index (χ1v) is 8.96. The number of ketones is 1. The van der Waals surface area contributed by atoms with Gasteiger partial charge in [0.25, 0.3) is 0 Å². The molecule has 2 aliphatic heterocycles. The van der Waals surface area contributed by atoms with Gasteiger partial charge < -0.3 is 14.7 Å². The maximum atomic E-state index is 12.8. The highest BCUT2D eigenvalue weighted by Gasteiger charge is 2.72. The second-order valence-corrected chi connectivity index (χ2v) is 8.83. The number of carbonyl (C=O) groups excluding carboxylic acids is 2. The normalized spacial score (nSPS) is 31.0. The van der Waals surface area contributed by atoms with Gasteiger partial charge in [0.05, 0.1) is 5.37 Å². The quantitative estimate of drug-likeness (QED) is 0.807. The van der Waals surface area contributed by atoms with Crippen molar-refractivity contribution in [3.05, 3.63) is 30.3 Å². The Morgan fingerprint density at radius 3 is 2.36 bits per heavy atom. The second kappa shape index (κ2) is 5.76. The number of carbonyl (C=O) groups is 3. The maximum absolute atomic E-state index is 12.8. The summed E-state index contributed by atoms with van der Waals surface area (Å²) in [7, 11) is 0. The number of fused-ring (bicyclic) bond motifs is 1. The summed E-state index contributed by atoms with van der Waals surface area (Å²) in [5.74, 6) is -1.80. The number of β-lactam (4-membered cyclic amide) rings is 1. The molecule has 2 aliphatic rings. The molecule has 1 N–H and O–H groups in total. The number of rotatable bonds is 5. The van der Waals surface area contributed by atoms with E-state index in [9.17, 15) is 19.5 Å². The van der Waals surface area contributed by atoms with Crippen molar-refractivity contribution in [2.45, 2.75) is 49.5 Å². The highest BCUT2D eigenvalue weighted by Crippen LogP contribution is 2.59. The highest BCUT2D eigenvalue weighted by atomic mass is 32.2. The second-order valence-electron chi connectivity index (χ2n) is 7.09. The fourth-order valence-electron chi connectivity index (χ4n) is 3.49. The van der Waals surface area contributed by atoms with E-state index in [0.29, 0.717) is 5.75 Å². The third-order valence-corrected chi connectivity index (χ3v) is 7.04. The van der Waals surface area contributed by atoms with Crippen molar-refractivity contribution < 1.29 is 24.2 Å². The van der Waals surface area contributed by atoms with Crippen LogP contribution in [-0.4, -0.2) is 49.4 Å². The number of carboxylic acids is 1. The monoisotopic (exact) mass is 363 g/mol. The minimum absolute atomic E-state index is 0.246. The van der Waals surface area contributed by atoms with E-state index in [4.69, 9.17) is 4.74 Å². The molecule has 0 aromatic heterocycles. The number of carboxylic acid groups (broad SMARTS) is 1. The molecule has 3 rings (SSSR count). The van der Waals surface area contributed by atoms with Gasteiger partial charge in [-0.15, -0.1) is 11.8 Å². The van der Waals surface area contributed by atoms with Crippen molar-refractivity contribution in [1.29, 1.82) is 0 Å². The molecule has 2 saturated heterocycles. The van der Waals surface area contributed by atoms with Gasteiger partial charge in [-0.05, 0) is 39.8 Å². The molecule has 0 bridgehead atoms. The zero-order chi connectivity index (χ0) is 18.6. The van der Waals surface area contributed by atoms with Crippen LogP contribution in [0.4, 0.5) is 0 Å². The third kappa shape index (κ3) is 2.44. The number of ether oxygens (including phenoxy) is 1. The van der Waals surface area contributed by atoms with Crippen molar-refractivity contribution in [2.24, 2.45) is 5.92 Å². The molecule has 2 fully saturated rings. The number of nitrogens with zero attached hydrogens (tertiary/aromatic N) is 1. The largest absolute Gasteiger partial charge is 0.482 e. The summed E-state index contributed by atoms with van der Waals surface area (Å²) in [6.45, 7) is 6.59. The smallest absolute Gasteiger partial charge is 0.330 e. The zero-order valence-electron chi connectivity index (χ0n) is 14.6. The lowest BCUT2D eigenvalue weighted by Crippen LogP contribution is -2.71. The molecule has 1 unspecified atom stereocenters. The minimum Gasteiger partial charge on any atom is -0.482 e. The Labute approximate surface area is 150 Å². The summed E-state index contributed by atoms with van der Waals surface area (Å²) >= 11 is 1.41. The zero-order valence-corrected chi connectivity index (χ0v) is 15.4. The summed E-state index contributed by atoms with van der Waals surface area (Å²) in [6, 6.07) is 8.86. The van der Waals surface area contributed by atoms with Crippen molar-refractivity contribution in [1.82, 2.24) is 4.90 Å². The average molecular weight is 363 g/mol. The molecule has 1 aromatic rings. The Kier molecular flexibility index (Phi) is 4.10. The van der Waals surface area contributed by atoms with Gasteiger partial charge in [-0.2, -0.15) is 0 Å². The summed E-state index contributed by atoms with van der Waals surface area (Å²) < 4.78 is 5.12. The molecule has 25 heavy (non-hydrogen) atoms. The van der Waals surface area contributed by atoms with Crippen LogP contribution in [0.1, 0.15) is 27.7 Å². The van der Waals surface area contributed by atoms with Gasteiger partial charge in [0.1, 0.15) is 11.7 Å². The van der Waals surface area contributed by atoms with Crippen LogP contribution in [0.3, 0.4) is 0 Å². The number of aliphatic carboxylic acids is 1. The van der Waals surface area contributed by atoms with Crippen LogP contribution in [0.25, 0.3) is 0 Å². The first-order chi connectivity index (χ1) is 11.6. The van der Waals surface area contributed by atoms with Crippen LogP contribution in [0, 0.1) is 5.92 Å². The van der Waals surface area contributed by atoms with Crippen LogP contribution in [0.5, 0.6) is 5.75 Å². The van der Waals surface area contributed by atoms with E-state index in [1.165, 1.54) is 23.6 Å². The Hall–Kier alpha value is -2.02. The molecule has 1 amide bonds. The van der Waals surface area contributed by atoms with Crippen molar-refractivity contribution in [3.63, 3.8) is 0 Å². The number of para-hydroxylation sites is 1. The lowest BCUT2D eigenvalue weighted by molar-refractivity contribution is -0.178. The molecule has 1 aromatic carbocycles. The summed E-state index contributed by atoms with van der Waals surface area (Å²) in [4.78, 5) is 38.2. The van der Waals surface area contributed by atoms with Gasteiger partial charge >= 0.3 is 5.97 Å². The summed E-state index contributed by atoms with van der Waals surface area (Å²) in [6.07, 6.45) is -0.921. The molecule has 7 heteroatoms. The van der Waals surface area contributed by atoms with Gasteiger partial charge in [-0.25, -0.2) is 4.79 Å². The van der Waals surface area contributed by atoms with E-state index >= 15 is 0 Å². The SMILES string of the molecule is CC(=O)C(Oc1ccccc1)[C@@H]1C(=O)N2[C@@H]1SC(C)(C)[C@]2(C)C(=O)O. The van der Waals surface area contributed by atoms with E-state index < -0.39 is 28.3 Å². The molecule has 0 aliphatic carbocycles. The van der Waals surface area contributed by atoms with Crippen LogP contribution in [0.2, 0.25) is 0 Å². The predicted octanol–water partition coefficient (Wildman–Crippen LogP) is 2.18. The number of hydrogen-bond acceptors (Lipinski definition) is 5. The van der Waals surface area contributed by atoms with Crippen LogP contribution < -0.4 is 4.74 Å². The Balaban J connectivity index is 1.91. The average Bonchev–Trinajstić information content (AvgIpc) is 2.72. The molecule has 4 atom stereocenters. The van der Waals surface area contributed by atoms with E-state index in [1.54, 1.807) is 31.2 Å². The predicted molar refractivity (Wildman–Crippen MR) is 93.4 cm³/mol. The lowest BCUT2D eigenvalue weighted by atomic mass is 9.79. The van der Waals surface area contributed by atoms with Crippen LogP contribution in [-0.2, 0) is 14.4 Å². The fraction of sp³-hybridized carbons (Fsp3) is 0.500. The first kappa shape index (κ1) is 17.8. The summed E-state index contributed by atoms with van der Waals surface area (Å²) in [5.41, 5.74) is -1.32.